The van der Waals surface area contributed by atoms with Crippen molar-refractivity contribution in [3.05, 3.63) is 52.3 Å². The second-order valence-corrected chi connectivity index (χ2v) is 8.02. The van der Waals surface area contributed by atoms with Crippen molar-refractivity contribution in [1.82, 2.24) is 19.7 Å². The number of aryl methyl sites for hydroxylation is 1. The van der Waals surface area contributed by atoms with Crippen molar-refractivity contribution in [3.63, 3.8) is 0 Å². The van der Waals surface area contributed by atoms with Gasteiger partial charge >= 0.3 is 0 Å². The van der Waals surface area contributed by atoms with E-state index in [1.54, 1.807) is 0 Å². The first-order chi connectivity index (χ1) is 13.0. The molecule has 2 aromatic rings. The van der Waals surface area contributed by atoms with Crippen molar-refractivity contribution in [3.8, 4) is 5.69 Å². The minimum Gasteiger partial charge on any atom is -0.337 e. The van der Waals surface area contributed by atoms with Gasteiger partial charge in [0.15, 0.2) is 0 Å². The van der Waals surface area contributed by atoms with Gasteiger partial charge in [-0.25, -0.2) is 0 Å². The van der Waals surface area contributed by atoms with Crippen molar-refractivity contribution >= 4 is 17.5 Å². The monoisotopic (exact) mass is 386 g/mol. The molecule has 3 heterocycles. The van der Waals surface area contributed by atoms with Gasteiger partial charge in [-0.1, -0.05) is 17.7 Å². The molecule has 1 aromatic heterocycles. The molecule has 0 bridgehead atoms. The molecule has 0 aliphatic carbocycles. The molecule has 1 unspecified atom stereocenters. The Kier molecular flexibility index (Phi) is 5.26. The predicted molar refractivity (Wildman–Crippen MR) is 109 cm³/mol. The number of nitrogens with zero attached hydrogens (tertiary/aromatic N) is 3. The molecule has 1 atom stereocenters. The van der Waals surface area contributed by atoms with E-state index < -0.39 is 0 Å². The van der Waals surface area contributed by atoms with Crippen molar-refractivity contribution in [2.24, 2.45) is 0 Å². The fourth-order valence-electron chi connectivity index (χ4n) is 4.43. The Bertz CT molecular complexity index is 841. The molecule has 144 valence electrons. The van der Waals surface area contributed by atoms with Crippen molar-refractivity contribution in [2.75, 3.05) is 39.3 Å². The summed E-state index contributed by atoms with van der Waals surface area (Å²) in [5.74, 6) is 0.147. The van der Waals surface area contributed by atoms with E-state index in [1.165, 1.54) is 0 Å². The molecule has 27 heavy (non-hydrogen) atoms. The summed E-state index contributed by atoms with van der Waals surface area (Å²) in [4.78, 5) is 17.8. The number of carbonyl (C=O) groups is 1. The number of rotatable bonds is 3. The molecule has 1 amide bonds. The molecule has 1 N–H and O–H groups in total. The lowest BCUT2D eigenvalue weighted by atomic mass is 10.2. The Balaban J connectivity index is 1.54. The van der Waals surface area contributed by atoms with Crippen LogP contribution >= 0.6 is 11.6 Å². The minimum absolute atomic E-state index is 0.147. The molecule has 2 saturated heterocycles. The van der Waals surface area contributed by atoms with E-state index >= 15 is 0 Å². The van der Waals surface area contributed by atoms with Gasteiger partial charge in [0, 0.05) is 67.4 Å². The Morgan fingerprint density at radius 3 is 2.67 bits per heavy atom. The quantitative estimate of drug-likeness (QED) is 0.881. The number of halogens is 1. The number of aromatic nitrogens is 1. The SMILES string of the molecule is Cc1cc(C(=O)N2CCC(N3CCNCC3)C2)c(C)n1-c1cccc(Cl)c1. The number of hydrogen-bond donors (Lipinski definition) is 1. The maximum Gasteiger partial charge on any atom is 0.255 e. The average molecular weight is 387 g/mol. The highest BCUT2D eigenvalue weighted by Crippen LogP contribution is 2.26. The number of benzene rings is 1. The summed E-state index contributed by atoms with van der Waals surface area (Å²) in [7, 11) is 0. The van der Waals surface area contributed by atoms with Gasteiger partial charge in [0.2, 0.25) is 0 Å². The zero-order valence-electron chi connectivity index (χ0n) is 16.0. The van der Waals surface area contributed by atoms with Gasteiger partial charge in [0.05, 0.1) is 5.56 Å². The van der Waals surface area contributed by atoms with Gasteiger partial charge in [-0.3, -0.25) is 9.69 Å². The summed E-state index contributed by atoms with van der Waals surface area (Å²) in [6.45, 7) is 9.99. The Labute approximate surface area is 165 Å². The molecular formula is C21H27ClN4O. The second-order valence-electron chi connectivity index (χ2n) is 7.58. The number of piperazine rings is 1. The molecule has 1 aromatic carbocycles. The number of hydrogen-bond acceptors (Lipinski definition) is 3. The van der Waals surface area contributed by atoms with Crippen molar-refractivity contribution in [2.45, 2.75) is 26.3 Å². The van der Waals surface area contributed by atoms with E-state index in [0.717, 1.165) is 68.3 Å². The van der Waals surface area contributed by atoms with Crippen LogP contribution in [-0.4, -0.2) is 65.6 Å². The average Bonchev–Trinajstić information content (AvgIpc) is 3.27. The summed E-state index contributed by atoms with van der Waals surface area (Å²) in [6.07, 6.45) is 1.07. The molecule has 4 rings (SSSR count). The van der Waals surface area contributed by atoms with E-state index in [0.29, 0.717) is 11.1 Å². The van der Waals surface area contributed by atoms with Gasteiger partial charge in [-0.15, -0.1) is 0 Å². The molecule has 0 saturated carbocycles. The van der Waals surface area contributed by atoms with Crippen LogP contribution in [-0.2, 0) is 0 Å². The first kappa shape index (κ1) is 18.5. The number of amides is 1. The minimum atomic E-state index is 0.147. The van der Waals surface area contributed by atoms with Crippen LogP contribution in [0.2, 0.25) is 5.02 Å². The van der Waals surface area contributed by atoms with E-state index in [-0.39, 0.29) is 5.91 Å². The summed E-state index contributed by atoms with van der Waals surface area (Å²) in [5.41, 5.74) is 3.83. The van der Waals surface area contributed by atoms with Gasteiger partial charge in [-0.05, 0) is 44.5 Å². The first-order valence-electron chi connectivity index (χ1n) is 9.73. The third-order valence-corrected chi connectivity index (χ3v) is 6.08. The fourth-order valence-corrected chi connectivity index (χ4v) is 4.62. The molecule has 2 fully saturated rings. The van der Waals surface area contributed by atoms with Crippen LogP contribution in [0.4, 0.5) is 0 Å². The molecule has 0 spiro atoms. The lowest BCUT2D eigenvalue weighted by Gasteiger charge is -2.32. The lowest BCUT2D eigenvalue weighted by molar-refractivity contribution is 0.0773. The zero-order chi connectivity index (χ0) is 19.0. The van der Waals surface area contributed by atoms with Crippen LogP contribution < -0.4 is 5.32 Å². The highest BCUT2D eigenvalue weighted by atomic mass is 35.5. The standard InChI is InChI=1S/C21H27ClN4O/c1-15-12-20(16(2)26(15)18-5-3-4-17(22)13-18)21(27)25-9-6-19(14-25)24-10-7-23-8-11-24/h3-5,12-13,19,23H,6-11,14H2,1-2H3. The lowest BCUT2D eigenvalue weighted by Crippen LogP contribution is -2.49. The van der Waals surface area contributed by atoms with Crippen LogP contribution in [0.1, 0.15) is 28.2 Å². The molecular weight excluding hydrogens is 360 g/mol. The maximum atomic E-state index is 13.2. The largest absolute Gasteiger partial charge is 0.337 e. The van der Waals surface area contributed by atoms with E-state index in [9.17, 15) is 4.79 Å². The number of carbonyl (C=O) groups excluding carboxylic acids is 1. The third kappa shape index (κ3) is 3.64. The predicted octanol–water partition coefficient (Wildman–Crippen LogP) is 2.87. The van der Waals surface area contributed by atoms with Crippen LogP contribution in [0, 0.1) is 13.8 Å². The van der Waals surface area contributed by atoms with Gasteiger partial charge < -0.3 is 14.8 Å². The van der Waals surface area contributed by atoms with E-state index in [4.69, 9.17) is 11.6 Å². The summed E-state index contributed by atoms with van der Waals surface area (Å²) < 4.78 is 2.11. The summed E-state index contributed by atoms with van der Waals surface area (Å²) in [5, 5.41) is 4.10. The highest BCUT2D eigenvalue weighted by Gasteiger charge is 2.32. The van der Waals surface area contributed by atoms with Gasteiger partial charge in [0.1, 0.15) is 0 Å². The number of nitrogens with one attached hydrogen (secondary N) is 1. The summed E-state index contributed by atoms with van der Waals surface area (Å²) >= 11 is 6.16. The smallest absolute Gasteiger partial charge is 0.255 e. The van der Waals surface area contributed by atoms with Crippen LogP contribution in [0.3, 0.4) is 0 Å². The number of likely N-dealkylation sites (tertiary alicyclic amines) is 1. The fraction of sp³-hybridized carbons (Fsp3) is 0.476. The van der Waals surface area contributed by atoms with Gasteiger partial charge in [0.25, 0.3) is 5.91 Å². The highest BCUT2D eigenvalue weighted by molar-refractivity contribution is 6.30. The van der Waals surface area contributed by atoms with Crippen LogP contribution in [0.25, 0.3) is 5.69 Å². The maximum absolute atomic E-state index is 13.2. The molecule has 2 aliphatic rings. The van der Waals surface area contributed by atoms with E-state index in [2.05, 4.69) is 14.8 Å². The topological polar surface area (TPSA) is 40.5 Å². The van der Waals surface area contributed by atoms with Gasteiger partial charge in [-0.2, -0.15) is 0 Å². The normalized spacial score (nSPS) is 21.0. The second kappa shape index (κ2) is 7.66. The van der Waals surface area contributed by atoms with E-state index in [1.807, 2.05) is 49.1 Å². The van der Waals surface area contributed by atoms with Crippen molar-refractivity contribution in [1.29, 1.82) is 0 Å². The molecule has 6 heteroatoms. The van der Waals surface area contributed by atoms with Crippen LogP contribution in [0.5, 0.6) is 0 Å². The van der Waals surface area contributed by atoms with Crippen LogP contribution in [0.15, 0.2) is 30.3 Å². The molecule has 2 aliphatic heterocycles. The van der Waals surface area contributed by atoms with Crippen molar-refractivity contribution < 1.29 is 4.79 Å². The Hall–Kier alpha value is -1.82. The first-order valence-corrected chi connectivity index (χ1v) is 10.1. The molecule has 0 radical (unpaired) electrons. The summed E-state index contributed by atoms with van der Waals surface area (Å²) in [6, 6.07) is 10.3. The Morgan fingerprint density at radius 2 is 1.93 bits per heavy atom. The third-order valence-electron chi connectivity index (χ3n) is 5.85. The zero-order valence-corrected chi connectivity index (χ0v) is 16.8. The Morgan fingerprint density at radius 1 is 1.15 bits per heavy atom. The molecule has 5 nitrogen and oxygen atoms in total.